The van der Waals surface area contributed by atoms with Crippen molar-refractivity contribution in [2.45, 2.75) is 20.8 Å². The Bertz CT molecular complexity index is 1130. The summed E-state index contributed by atoms with van der Waals surface area (Å²) >= 11 is 0. The zero-order chi connectivity index (χ0) is 22.5. The van der Waals surface area contributed by atoms with Gasteiger partial charge in [0.2, 0.25) is 5.91 Å². The fourth-order valence-corrected chi connectivity index (χ4v) is 3.38. The van der Waals surface area contributed by atoms with Crippen LogP contribution < -0.4 is 15.6 Å². The molecule has 0 aliphatic carbocycles. The number of anilines is 2. The average molecular weight is 418 g/mol. The molecule has 2 N–H and O–H groups in total. The highest BCUT2D eigenvalue weighted by molar-refractivity contribution is 5.97. The number of hydrogen-bond acceptors (Lipinski definition) is 4. The molecule has 0 atom stereocenters. The number of rotatable bonds is 6. The van der Waals surface area contributed by atoms with Crippen LogP contribution in [0.5, 0.6) is 0 Å². The molecule has 3 rings (SSSR count). The van der Waals surface area contributed by atoms with E-state index < -0.39 is 0 Å². The van der Waals surface area contributed by atoms with Gasteiger partial charge < -0.3 is 14.8 Å². The summed E-state index contributed by atoms with van der Waals surface area (Å²) in [7, 11) is 4.03. The Labute approximate surface area is 182 Å². The molecule has 2 aromatic carbocycles. The van der Waals surface area contributed by atoms with Crippen molar-refractivity contribution >= 4 is 29.4 Å². The molecule has 7 nitrogen and oxygen atoms in total. The van der Waals surface area contributed by atoms with Crippen LogP contribution in [0.3, 0.4) is 0 Å². The van der Waals surface area contributed by atoms with Gasteiger partial charge in [0.1, 0.15) is 0 Å². The zero-order valence-electron chi connectivity index (χ0n) is 18.4. The molecule has 0 aliphatic heterocycles. The minimum Gasteiger partial charge on any atom is -0.378 e. The molecule has 3 aromatic rings. The van der Waals surface area contributed by atoms with Gasteiger partial charge in [0.15, 0.2) is 0 Å². The number of benzene rings is 2. The maximum Gasteiger partial charge on any atom is 0.271 e. The molecule has 7 heteroatoms. The Balaban J connectivity index is 1.74. The van der Waals surface area contributed by atoms with Gasteiger partial charge in [-0.05, 0) is 62.4 Å². The van der Waals surface area contributed by atoms with Gasteiger partial charge in [0, 0.05) is 60.6 Å². The molecule has 0 spiro atoms. The third-order valence-electron chi connectivity index (χ3n) is 4.91. The standard InChI is InChI=1S/C24H27N5O2/c1-16-13-20(17(2)29(16)23-11-9-22(10-12-23)28(4)5)15-25-27-24(31)19-7-6-8-21(14-19)26-18(3)30/h6-15H,1-5H3,(H,26,30)(H,27,31). The third-order valence-corrected chi connectivity index (χ3v) is 4.91. The lowest BCUT2D eigenvalue weighted by Crippen LogP contribution is -2.18. The number of carbonyl (C=O) groups is 2. The topological polar surface area (TPSA) is 78.7 Å². The number of carbonyl (C=O) groups excluding carboxylic acids is 2. The predicted octanol–water partition coefficient (Wildman–Crippen LogP) is 3.88. The van der Waals surface area contributed by atoms with Crippen molar-refractivity contribution in [2.24, 2.45) is 5.10 Å². The van der Waals surface area contributed by atoms with Gasteiger partial charge in [-0.1, -0.05) is 6.07 Å². The highest BCUT2D eigenvalue weighted by Gasteiger charge is 2.10. The van der Waals surface area contributed by atoms with Gasteiger partial charge in [0.05, 0.1) is 6.21 Å². The minimum atomic E-state index is -0.350. The van der Waals surface area contributed by atoms with Crippen molar-refractivity contribution in [1.82, 2.24) is 9.99 Å². The average Bonchev–Trinajstić information content (AvgIpc) is 3.01. The number of hydrogen-bond donors (Lipinski definition) is 2. The highest BCUT2D eigenvalue weighted by atomic mass is 16.2. The molecule has 0 aliphatic rings. The number of nitrogens with one attached hydrogen (secondary N) is 2. The molecule has 0 fully saturated rings. The SMILES string of the molecule is CC(=O)Nc1cccc(C(=O)NN=Cc2cc(C)n(-c3ccc(N(C)C)cc3)c2C)c1. The van der Waals surface area contributed by atoms with Crippen molar-refractivity contribution in [3.05, 3.63) is 77.1 Å². The summed E-state index contributed by atoms with van der Waals surface area (Å²) in [4.78, 5) is 25.6. The van der Waals surface area contributed by atoms with Crippen molar-refractivity contribution < 1.29 is 9.59 Å². The van der Waals surface area contributed by atoms with Crippen LogP contribution in [0.15, 0.2) is 59.7 Å². The van der Waals surface area contributed by atoms with Crippen molar-refractivity contribution in [3.8, 4) is 5.69 Å². The largest absolute Gasteiger partial charge is 0.378 e. The molecule has 0 radical (unpaired) electrons. The van der Waals surface area contributed by atoms with Crippen LogP contribution in [0.1, 0.15) is 34.2 Å². The first-order valence-corrected chi connectivity index (χ1v) is 9.94. The Hall–Kier alpha value is -3.87. The van der Waals surface area contributed by atoms with E-state index in [1.165, 1.54) is 6.92 Å². The summed E-state index contributed by atoms with van der Waals surface area (Å²) in [5.74, 6) is -0.543. The van der Waals surface area contributed by atoms with E-state index in [4.69, 9.17) is 0 Å². The van der Waals surface area contributed by atoms with E-state index in [1.54, 1.807) is 30.5 Å². The van der Waals surface area contributed by atoms with Gasteiger partial charge >= 0.3 is 0 Å². The van der Waals surface area contributed by atoms with Crippen LogP contribution in [0.4, 0.5) is 11.4 Å². The van der Waals surface area contributed by atoms with Crippen molar-refractivity contribution in [3.63, 3.8) is 0 Å². The smallest absolute Gasteiger partial charge is 0.271 e. The van der Waals surface area contributed by atoms with Gasteiger partial charge in [0.25, 0.3) is 5.91 Å². The third kappa shape index (κ3) is 5.19. The summed E-state index contributed by atoms with van der Waals surface area (Å²) in [5, 5.41) is 6.78. The fourth-order valence-electron chi connectivity index (χ4n) is 3.38. The van der Waals surface area contributed by atoms with Gasteiger partial charge in [-0.3, -0.25) is 9.59 Å². The Morgan fingerprint density at radius 3 is 2.39 bits per heavy atom. The number of nitrogens with zero attached hydrogens (tertiary/aromatic N) is 3. The summed E-state index contributed by atoms with van der Waals surface area (Å²) in [6.07, 6.45) is 1.64. The molecule has 0 unspecified atom stereocenters. The lowest BCUT2D eigenvalue weighted by atomic mass is 10.2. The van der Waals surface area contributed by atoms with Gasteiger partial charge in [-0.15, -0.1) is 0 Å². The molecule has 1 heterocycles. The van der Waals surface area contributed by atoms with E-state index in [0.717, 1.165) is 28.3 Å². The number of aromatic nitrogens is 1. The molecule has 0 bridgehead atoms. The van der Waals surface area contributed by atoms with E-state index in [9.17, 15) is 9.59 Å². The predicted molar refractivity (Wildman–Crippen MR) is 125 cm³/mol. The molecular formula is C24H27N5O2. The van der Waals surface area contributed by atoms with Crippen LogP contribution in [0.2, 0.25) is 0 Å². The fraction of sp³-hybridized carbons (Fsp3) is 0.208. The first-order valence-electron chi connectivity index (χ1n) is 9.94. The second-order valence-corrected chi connectivity index (χ2v) is 7.53. The van der Waals surface area contributed by atoms with Crippen molar-refractivity contribution in [1.29, 1.82) is 0 Å². The maximum atomic E-state index is 12.4. The monoisotopic (exact) mass is 417 g/mol. The van der Waals surface area contributed by atoms with E-state index in [0.29, 0.717) is 11.3 Å². The van der Waals surface area contributed by atoms with Crippen LogP contribution >= 0.6 is 0 Å². The molecular weight excluding hydrogens is 390 g/mol. The maximum absolute atomic E-state index is 12.4. The van der Waals surface area contributed by atoms with Gasteiger partial charge in [-0.2, -0.15) is 5.10 Å². The van der Waals surface area contributed by atoms with Crippen LogP contribution in [0.25, 0.3) is 5.69 Å². The number of aryl methyl sites for hydroxylation is 1. The summed E-state index contributed by atoms with van der Waals surface area (Å²) < 4.78 is 2.15. The quantitative estimate of drug-likeness (QED) is 0.472. The first-order chi connectivity index (χ1) is 14.8. The van der Waals surface area contributed by atoms with E-state index in [-0.39, 0.29) is 11.8 Å². The van der Waals surface area contributed by atoms with E-state index in [2.05, 4.69) is 49.6 Å². The Morgan fingerprint density at radius 2 is 1.74 bits per heavy atom. The molecule has 2 amide bonds. The molecule has 160 valence electrons. The van der Waals surface area contributed by atoms with E-state index in [1.807, 2.05) is 34.0 Å². The minimum absolute atomic E-state index is 0.192. The number of hydrazone groups is 1. The lowest BCUT2D eigenvalue weighted by Gasteiger charge is -2.14. The Morgan fingerprint density at radius 1 is 1.03 bits per heavy atom. The van der Waals surface area contributed by atoms with Crippen LogP contribution in [-0.4, -0.2) is 36.7 Å². The van der Waals surface area contributed by atoms with Gasteiger partial charge in [-0.25, -0.2) is 5.43 Å². The van der Waals surface area contributed by atoms with Crippen LogP contribution in [0, 0.1) is 13.8 Å². The van der Waals surface area contributed by atoms with Crippen molar-refractivity contribution in [2.75, 3.05) is 24.3 Å². The molecule has 1 aromatic heterocycles. The molecule has 0 saturated heterocycles. The van der Waals surface area contributed by atoms with Crippen LogP contribution in [-0.2, 0) is 4.79 Å². The molecule has 0 saturated carbocycles. The van der Waals surface area contributed by atoms with E-state index >= 15 is 0 Å². The second-order valence-electron chi connectivity index (χ2n) is 7.53. The summed E-state index contributed by atoms with van der Waals surface area (Å²) in [6.45, 7) is 5.48. The first kappa shape index (κ1) is 21.8. The summed E-state index contributed by atoms with van der Waals surface area (Å²) in [5.41, 5.74) is 8.75. The second kappa shape index (κ2) is 9.30. The normalized spacial score (nSPS) is 10.9. The zero-order valence-corrected chi connectivity index (χ0v) is 18.4. The number of amides is 2. The molecule has 31 heavy (non-hydrogen) atoms. The summed E-state index contributed by atoms with van der Waals surface area (Å²) in [6, 6.07) is 17.1. The lowest BCUT2D eigenvalue weighted by molar-refractivity contribution is -0.114. The highest BCUT2D eigenvalue weighted by Crippen LogP contribution is 2.22. The Kier molecular flexibility index (Phi) is 6.55.